The average Bonchev–Trinajstić information content (AvgIpc) is 2.67. The highest BCUT2D eigenvalue weighted by Crippen LogP contribution is 2.25. The molecule has 0 unspecified atom stereocenters. The number of nitrogens with one attached hydrogen (secondary N) is 2. The minimum Gasteiger partial charge on any atom is -0.493 e. The number of carbonyl (C=O) groups is 1. The fourth-order valence-corrected chi connectivity index (χ4v) is 3.17. The van der Waals surface area contributed by atoms with Crippen molar-refractivity contribution >= 4 is 16.8 Å². The molecule has 0 atom stereocenters. The van der Waals surface area contributed by atoms with Crippen LogP contribution in [0.3, 0.4) is 0 Å². The first kappa shape index (κ1) is 19.5. The average molecular weight is 380 g/mol. The van der Waals surface area contributed by atoms with Crippen molar-refractivity contribution in [3.63, 3.8) is 0 Å². The number of benzene rings is 2. The summed E-state index contributed by atoms with van der Waals surface area (Å²) in [5.41, 5.74) is 3.57. The molecule has 146 valence electrons. The van der Waals surface area contributed by atoms with Crippen molar-refractivity contribution < 1.29 is 14.3 Å². The molecule has 28 heavy (non-hydrogen) atoms. The van der Waals surface area contributed by atoms with Gasteiger partial charge >= 0.3 is 0 Å². The summed E-state index contributed by atoms with van der Waals surface area (Å²) in [6, 6.07) is 13.1. The van der Waals surface area contributed by atoms with Crippen molar-refractivity contribution in [2.24, 2.45) is 0 Å². The quantitative estimate of drug-likeness (QED) is 0.660. The Morgan fingerprint density at radius 3 is 2.61 bits per heavy atom. The van der Waals surface area contributed by atoms with Crippen molar-refractivity contribution in [2.45, 2.75) is 20.3 Å². The van der Waals surface area contributed by atoms with Crippen LogP contribution in [0.25, 0.3) is 10.9 Å². The number of H-pyrrole nitrogens is 1. The number of carbonyl (C=O) groups excluding carboxylic acids is 1. The zero-order chi connectivity index (χ0) is 20.1. The highest BCUT2D eigenvalue weighted by Gasteiger charge is 2.09. The monoisotopic (exact) mass is 380 g/mol. The second kappa shape index (κ2) is 8.61. The van der Waals surface area contributed by atoms with E-state index < -0.39 is 0 Å². The summed E-state index contributed by atoms with van der Waals surface area (Å²) in [6.07, 6.45) is 0.443. The molecule has 0 saturated heterocycles. The minimum absolute atomic E-state index is 0.118. The van der Waals surface area contributed by atoms with Gasteiger partial charge in [0.15, 0.2) is 18.1 Å². The molecule has 3 aromatic rings. The Bertz CT molecular complexity index is 1060. The summed E-state index contributed by atoms with van der Waals surface area (Å²) in [5.74, 6) is 0.829. The molecule has 2 aromatic carbocycles. The van der Waals surface area contributed by atoms with Crippen LogP contribution >= 0.6 is 0 Å². The number of ether oxygens (including phenoxy) is 2. The molecule has 3 rings (SSSR count). The summed E-state index contributed by atoms with van der Waals surface area (Å²) >= 11 is 0. The Morgan fingerprint density at radius 1 is 1.11 bits per heavy atom. The minimum atomic E-state index is -0.255. The van der Waals surface area contributed by atoms with Crippen LogP contribution in [-0.4, -0.2) is 31.2 Å². The summed E-state index contributed by atoms with van der Waals surface area (Å²) < 4.78 is 10.7. The molecule has 0 fully saturated rings. The normalized spacial score (nSPS) is 10.7. The Balaban J connectivity index is 1.58. The molecule has 1 amide bonds. The van der Waals surface area contributed by atoms with Crippen molar-refractivity contribution in [3.8, 4) is 11.5 Å². The number of aromatic nitrogens is 1. The van der Waals surface area contributed by atoms with E-state index in [1.807, 2.05) is 38.1 Å². The third-order valence-corrected chi connectivity index (χ3v) is 4.53. The van der Waals surface area contributed by atoms with Gasteiger partial charge in [0.1, 0.15) is 0 Å². The number of hydrogen-bond donors (Lipinski definition) is 2. The number of rotatable bonds is 7. The lowest BCUT2D eigenvalue weighted by Gasteiger charge is -2.11. The van der Waals surface area contributed by atoms with Crippen molar-refractivity contribution in [1.82, 2.24) is 10.3 Å². The third kappa shape index (κ3) is 4.52. The largest absolute Gasteiger partial charge is 0.493 e. The highest BCUT2D eigenvalue weighted by molar-refractivity contribution is 5.83. The van der Waals surface area contributed by atoms with E-state index in [2.05, 4.69) is 16.4 Å². The molecule has 2 N–H and O–H groups in total. The Kier molecular flexibility index (Phi) is 5.99. The van der Waals surface area contributed by atoms with E-state index in [-0.39, 0.29) is 18.1 Å². The number of hydrogen-bond acceptors (Lipinski definition) is 4. The van der Waals surface area contributed by atoms with E-state index in [9.17, 15) is 9.59 Å². The molecule has 0 aliphatic heterocycles. The van der Waals surface area contributed by atoms with Crippen LogP contribution in [0.1, 0.15) is 16.7 Å². The summed E-state index contributed by atoms with van der Waals surface area (Å²) in [4.78, 5) is 27.3. The highest BCUT2D eigenvalue weighted by atomic mass is 16.5. The van der Waals surface area contributed by atoms with Gasteiger partial charge in [-0.15, -0.1) is 0 Å². The second-order valence-corrected chi connectivity index (χ2v) is 6.71. The maximum Gasteiger partial charge on any atom is 0.257 e. The Hall–Kier alpha value is -3.28. The zero-order valence-electron chi connectivity index (χ0n) is 16.3. The number of para-hydroxylation sites is 2. The zero-order valence-corrected chi connectivity index (χ0v) is 16.3. The van der Waals surface area contributed by atoms with Crippen LogP contribution < -0.4 is 20.3 Å². The number of aryl methyl sites for hydroxylation is 2. The first-order chi connectivity index (χ1) is 13.5. The summed E-state index contributed by atoms with van der Waals surface area (Å²) in [5, 5.41) is 3.80. The first-order valence-electron chi connectivity index (χ1n) is 9.13. The van der Waals surface area contributed by atoms with E-state index in [1.54, 1.807) is 19.2 Å². The van der Waals surface area contributed by atoms with Crippen LogP contribution in [0.4, 0.5) is 0 Å². The number of methoxy groups -OCH3 is 1. The molecule has 0 aliphatic carbocycles. The van der Waals surface area contributed by atoms with Gasteiger partial charge in [0.25, 0.3) is 11.5 Å². The van der Waals surface area contributed by atoms with Gasteiger partial charge in [-0.1, -0.05) is 18.2 Å². The fraction of sp³-hybridized carbons (Fsp3) is 0.273. The van der Waals surface area contributed by atoms with Gasteiger partial charge in [-0.2, -0.15) is 0 Å². The lowest BCUT2D eigenvalue weighted by Crippen LogP contribution is -2.31. The van der Waals surface area contributed by atoms with Crippen LogP contribution in [0.5, 0.6) is 11.5 Å². The number of aromatic amines is 1. The Labute approximate surface area is 163 Å². The van der Waals surface area contributed by atoms with E-state index in [1.165, 1.54) is 0 Å². The smallest absolute Gasteiger partial charge is 0.257 e. The molecule has 1 aromatic heterocycles. The van der Waals surface area contributed by atoms with E-state index in [0.29, 0.717) is 30.0 Å². The number of amides is 1. The van der Waals surface area contributed by atoms with Crippen LogP contribution in [-0.2, 0) is 11.2 Å². The van der Waals surface area contributed by atoms with Gasteiger partial charge in [-0.05, 0) is 55.7 Å². The predicted octanol–water partition coefficient (Wildman–Crippen LogP) is 2.89. The topological polar surface area (TPSA) is 80.4 Å². The van der Waals surface area contributed by atoms with Crippen LogP contribution in [0.2, 0.25) is 0 Å². The third-order valence-electron chi connectivity index (χ3n) is 4.53. The van der Waals surface area contributed by atoms with Crippen molar-refractivity contribution in [3.05, 3.63) is 69.5 Å². The van der Waals surface area contributed by atoms with Crippen molar-refractivity contribution in [2.75, 3.05) is 20.3 Å². The molecule has 0 aliphatic rings. The SMILES string of the molecule is COc1ccccc1OCC(=O)NCCc1cc2c(C)cc(C)cc2[nH]c1=O. The van der Waals surface area contributed by atoms with E-state index in [4.69, 9.17) is 9.47 Å². The molecule has 6 nitrogen and oxygen atoms in total. The maximum atomic E-state index is 12.3. The van der Waals surface area contributed by atoms with E-state index >= 15 is 0 Å². The van der Waals surface area contributed by atoms with E-state index in [0.717, 1.165) is 22.0 Å². The van der Waals surface area contributed by atoms with Gasteiger partial charge in [0.2, 0.25) is 0 Å². The molecule has 6 heteroatoms. The van der Waals surface area contributed by atoms with Crippen LogP contribution in [0, 0.1) is 13.8 Å². The molecule has 0 bridgehead atoms. The fourth-order valence-electron chi connectivity index (χ4n) is 3.17. The van der Waals surface area contributed by atoms with Crippen LogP contribution in [0.15, 0.2) is 47.3 Å². The lowest BCUT2D eigenvalue weighted by molar-refractivity contribution is -0.123. The summed E-state index contributed by atoms with van der Waals surface area (Å²) in [6.45, 7) is 4.26. The van der Waals surface area contributed by atoms with Gasteiger partial charge in [-0.25, -0.2) is 0 Å². The molecule has 0 spiro atoms. The van der Waals surface area contributed by atoms with Gasteiger partial charge in [0, 0.05) is 23.0 Å². The molecule has 1 heterocycles. The first-order valence-corrected chi connectivity index (χ1v) is 9.13. The lowest BCUT2D eigenvalue weighted by atomic mass is 10.0. The maximum absolute atomic E-state index is 12.3. The second-order valence-electron chi connectivity index (χ2n) is 6.71. The molecule has 0 saturated carbocycles. The summed E-state index contributed by atoms with van der Waals surface area (Å²) in [7, 11) is 1.55. The van der Waals surface area contributed by atoms with Gasteiger partial charge in [-0.3, -0.25) is 9.59 Å². The standard InChI is InChI=1S/C22H24N2O4/c1-14-10-15(2)17-12-16(22(26)24-18(17)11-14)8-9-23-21(25)13-28-20-7-5-4-6-19(20)27-3/h4-7,10-12H,8-9,13H2,1-3H3,(H,23,25)(H,24,26). The molecular weight excluding hydrogens is 356 g/mol. The molecule has 0 radical (unpaired) electrons. The predicted molar refractivity (Wildman–Crippen MR) is 109 cm³/mol. The number of fused-ring (bicyclic) bond motifs is 1. The number of pyridine rings is 1. The van der Waals surface area contributed by atoms with Gasteiger partial charge < -0.3 is 19.8 Å². The van der Waals surface area contributed by atoms with Gasteiger partial charge in [0.05, 0.1) is 7.11 Å². The van der Waals surface area contributed by atoms with Crippen molar-refractivity contribution in [1.29, 1.82) is 0 Å². The Morgan fingerprint density at radius 2 is 1.86 bits per heavy atom. The molecular formula is C22H24N2O4.